The fourth-order valence-electron chi connectivity index (χ4n) is 3.04. The molecule has 0 unspecified atom stereocenters. The van der Waals surface area contributed by atoms with Crippen molar-refractivity contribution in [3.63, 3.8) is 0 Å². The maximum Gasteiger partial charge on any atom is 0.256 e. The summed E-state index contributed by atoms with van der Waals surface area (Å²) in [5.41, 5.74) is 2.77. The van der Waals surface area contributed by atoms with Crippen molar-refractivity contribution < 1.29 is 9.59 Å². The van der Waals surface area contributed by atoms with Crippen LogP contribution < -0.4 is 0 Å². The van der Waals surface area contributed by atoms with E-state index in [2.05, 4.69) is 4.98 Å². The number of aromatic nitrogens is 2. The zero-order valence-electron chi connectivity index (χ0n) is 13.4. The highest BCUT2D eigenvalue weighted by Gasteiger charge is 2.28. The molecular formula is C19H14ClN3O2. The normalized spacial score (nSPS) is 13.2. The topological polar surface area (TPSA) is 55.2 Å². The van der Waals surface area contributed by atoms with Crippen molar-refractivity contribution in [3.8, 4) is 5.69 Å². The first kappa shape index (κ1) is 15.6. The smallest absolute Gasteiger partial charge is 0.256 e. The molecule has 0 saturated heterocycles. The van der Waals surface area contributed by atoms with E-state index in [4.69, 9.17) is 11.6 Å². The molecule has 4 rings (SSSR count). The molecule has 25 heavy (non-hydrogen) atoms. The van der Waals surface area contributed by atoms with Gasteiger partial charge in [-0.05, 0) is 18.2 Å². The predicted molar refractivity (Wildman–Crippen MR) is 94.2 cm³/mol. The number of nitrogens with zero attached hydrogens (tertiary/aromatic N) is 3. The standard InChI is InChI=1S/C19H14ClN3O2/c1-22-10-16-17(18(24)12-5-3-2-4-6-12)21-11-23(16)15-8-7-13(20)9-14(15)19(22)25/h2-9,11H,10H2,1H3. The molecule has 124 valence electrons. The minimum atomic E-state index is -0.160. The molecule has 0 bridgehead atoms. The van der Waals surface area contributed by atoms with Crippen LogP contribution in [0.5, 0.6) is 0 Å². The Kier molecular flexibility index (Phi) is 3.66. The van der Waals surface area contributed by atoms with E-state index in [0.29, 0.717) is 39.8 Å². The molecule has 0 atom stereocenters. The molecule has 1 amide bonds. The molecule has 2 aromatic carbocycles. The number of carbonyl (C=O) groups excluding carboxylic acids is 2. The van der Waals surface area contributed by atoms with Crippen LogP contribution in [0.2, 0.25) is 5.02 Å². The van der Waals surface area contributed by atoms with Gasteiger partial charge in [-0.1, -0.05) is 41.9 Å². The molecule has 6 heteroatoms. The molecule has 0 fully saturated rings. The lowest BCUT2D eigenvalue weighted by Crippen LogP contribution is -2.25. The third-order valence-electron chi connectivity index (χ3n) is 4.30. The van der Waals surface area contributed by atoms with Crippen molar-refractivity contribution in [2.24, 2.45) is 0 Å². The van der Waals surface area contributed by atoms with Crippen LogP contribution in [0.15, 0.2) is 54.9 Å². The Hall–Kier alpha value is -2.92. The number of halogens is 1. The van der Waals surface area contributed by atoms with Crippen LogP contribution in [0.25, 0.3) is 5.69 Å². The molecule has 0 saturated carbocycles. The van der Waals surface area contributed by atoms with Crippen LogP contribution in [-0.2, 0) is 6.54 Å². The highest BCUT2D eigenvalue weighted by molar-refractivity contribution is 6.31. The van der Waals surface area contributed by atoms with Gasteiger partial charge in [0.25, 0.3) is 5.91 Å². The summed E-state index contributed by atoms with van der Waals surface area (Å²) in [5, 5.41) is 0.490. The van der Waals surface area contributed by atoms with Crippen molar-refractivity contribution in [3.05, 3.63) is 82.4 Å². The summed E-state index contributed by atoms with van der Waals surface area (Å²) in [6.45, 7) is 0.291. The molecule has 0 aliphatic carbocycles. The van der Waals surface area contributed by atoms with Crippen LogP contribution in [0.1, 0.15) is 32.1 Å². The maximum atomic E-state index is 12.8. The lowest BCUT2D eigenvalue weighted by atomic mass is 10.1. The van der Waals surface area contributed by atoms with Gasteiger partial charge < -0.3 is 4.90 Å². The van der Waals surface area contributed by atoms with Crippen molar-refractivity contribution in [1.82, 2.24) is 14.5 Å². The summed E-state index contributed by atoms with van der Waals surface area (Å²) >= 11 is 6.06. The number of fused-ring (bicyclic) bond motifs is 3. The fourth-order valence-corrected chi connectivity index (χ4v) is 3.21. The zero-order valence-corrected chi connectivity index (χ0v) is 14.2. The third-order valence-corrected chi connectivity index (χ3v) is 4.53. The Balaban J connectivity index is 1.89. The predicted octanol–water partition coefficient (Wildman–Crippen LogP) is 3.34. The minimum Gasteiger partial charge on any atom is -0.336 e. The van der Waals surface area contributed by atoms with Crippen LogP contribution in [0, 0.1) is 0 Å². The van der Waals surface area contributed by atoms with E-state index in [0.717, 1.165) is 0 Å². The highest BCUT2D eigenvalue weighted by Crippen LogP contribution is 2.28. The summed E-state index contributed by atoms with van der Waals surface area (Å²) in [7, 11) is 1.70. The number of hydrogen-bond donors (Lipinski definition) is 0. The van der Waals surface area contributed by atoms with Gasteiger partial charge in [-0.25, -0.2) is 4.98 Å². The number of imidazole rings is 1. The van der Waals surface area contributed by atoms with Gasteiger partial charge in [0.1, 0.15) is 12.0 Å². The van der Waals surface area contributed by atoms with Gasteiger partial charge in [0.2, 0.25) is 5.78 Å². The Labute approximate surface area is 149 Å². The average molecular weight is 352 g/mol. The average Bonchev–Trinajstić information content (AvgIpc) is 3.00. The first-order valence-corrected chi connectivity index (χ1v) is 8.15. The number of amides is 1. The van der Waals surface area contributed by atoms with E-state index in [1.54, 1.807) is 53.2 Å². The van der Waals surface area contributed by atoms with Crippen LogP contribution >= 0.6 is 11.6 Å². The molecular weight excluding hydrogens is 338 g/mol. The van der Waals surface area contributed by atoms with Gasteiger partial charge in [0.05, 0.1) is 23.5 Å². The molecule has 0 N–H and O–H groups in total. The second-order valence-corrected chi connectivity index (χ2v) is 6.36. The minimum absolute atomic E-state index is 0.140. The van der Waals surface area contributed by atoms with Crippen molar-refractivity contribution in [2.45, 2.75) is 6.54 Å². The molecule has 1 aromatic heterocycles. The number of carbonyl (C=O) groups is 2. The first-order valence-electron chi connectivity index (χ1n) is 7.77. The molecule has 0 radical (unpaired) electrons. The van der Waals surface area contributed by atoms with Gasteiger partial charge in [-0.3, -0.25) is 14.2 Å². The van der Waals surface area contributed by atoms with Gasteiger partial charge in [-0.15, -0.1) is 0 Å². The summed E-state index contributed by atoms with van der Waals surface area (Å²) in [5.74, 6) is -0.299. The van der Waals surface area contributed by atoms with Crippen molar-refractivity contribution >= 4 is 23.3 Å². The van der Waals surface area contributed by atoms with Gasteiger partial charge in [0, 0.05) is 17.6 Å². The summed E-state index contributed by atoms with van der Waals surface area (Å²) in [6.07, 6.45) is 1.59. The highest BCUT2D eigenvalue weighted by atomic mass is 35.5. The SMILES string of the molecule is CN1Cc2c(C(=O)c3ccccc3)ncn2-c2ccc(Cl)cc2C1=O. The number of rotatable bonds is 2. The van der Waals surface area contributed by atoms with E-state index >= 15 is 0 Å². The van der Waals surface area contributed by atoms with Gasteiger partial charge >= 0.3 is 0 Å². The molecule has 0 spiro atoms. The Morgan fingerprint density at radius 2 is 1.92 bits per heavy atom. The second-order valence-electron chi connectivity index (χ2n) is 5.93. The van der Waals surface area contributed by atoms with E-state index in [1.165, 1.54) is 0 Å². The van der Waals surface area contributed by atoms with E-state index < -0.39 is 0 Å². The molecule has 2 heterocycles. The maximum absolute atomic E-state index is 12.8. The van der Waals surface area contributed by atoms with Crippen LogP contribution in [0.4, 0.5) is 0 Å². The summed E-state index contributed by atoms with van der Waals surface area (Å²) < 4.78 is 1.79. The molecule has 3 aromatic rings. The lowest BCUT2D eigenvalue weighted by molar-refractivity contribution is 0.0786. The monoisotopic (exact) mass is 351 g/mol. The lowest BCUT2D eigenvalue weighted by Gasteiger charge is -2.14. The molecule has 1 aliphatic rings. The summed E-state index contributed by atoms with van der Waals surface area (Å²) in [4.78, 5) is 31.4. The quantitative estimate of drug-likeness (QED) is 0.665. The number of ketones is 1. The molecule has 1 aliphatic heterocycles. The van der Waals surface area contributed by atoms with E-state index in [1.807, 2.05) is 18.2 Å². The van der Waals surface area contributed by atoms with Gasteiger partial charge in [-0.2, -0.15) is 0 Å². The van der Waals surface area contributed by atoms with E-state index in [9.17, 15) is 9.59 Å². The number of benzene rings is 2. The fraction of sp³-hybridized carbons (Fsp3) is 0.105. The van der Waals surface area contributed by atoms with Gasteiger partial charge in [0.15, 0.2) is 0 Å². The first-order chi connectivity index (χ1) is 12.1. The van der Waals surface area contributed by atoms with Crippen LogP contribution in [0.3, 0.4) is 0 Å². The summed E-state index contributed by atoms with van der Waals surface area (Å²) in [6, 6.07) is 14.1. The largest absolute Gasteiger partial charge is 0.336 e. The Bertz CT molecular complexity index is 995. The van der Waals surface area contributed by atoms with Crippen molar-refractivity contribution in [1.29, 1.82) is 0 Å². The number of hydrogen-bond acceptors (Lipinski definition) is 3. The Morgan fingerprint density at radius 1 is 1.16 bits per heavy atom. The zero-order chi connectivity index (χ0) is 17.6. The Morgan fingerprint density at radius 3 is 2.68 bits per heavy atom. The van der Waals surface area contributed by atoms with E-state index in [-0.39, 0.29) is 11.7 Å². The molecule has 5 nitrogen and oxygen atoms in total. The van der Waals surface area contributed by atoms with Crippen molar-refractivity contribution in [2.75, 3.05) is 7.05 Å². The van der Waals surface area contributed by atoms with Crippen LogP contribution in [-0.4, -0.2) is 33.2 Å². The third kappa shape index (κ3) is 2.53. The second kappa shape index (κ2) is 5.86.